The Morgan fingerprint density at radius 1 is 1.50 bits per heavy atom. The predicted octanol–water partition coefficient (Wildman–Crippen LogP) is 0.790. The molecule has 0 saturated heterocycles. The van der Waals surface area contributed by atoms with Gasteiger partial charge in [0.15, 0.2) is 5.82 Å². The van der Waals surface area contributed by atoms with Crippen LogP contribution in [-0.4, -0.2) is 19.7 Å². The largest absolute Gasteiger partial charge is 0.303 e. The average molecular weight is 192 g/mol. The van der Waals surface area contributed by atoms with Gasteiger partial charge in [-0.25, -0.2) is 4.98 Å². The third-order valence-electron chi connectivity index (χ3n) is 2.07. The summed E-state index contributed by atoms with van der Waals surface area (Å²) in [6.45, 7) is 4.63. The lowest BCUT2D eigenvalue weighted by atomic mass is 10.3. The SMILES string of the molecule is CCCn1[nH]cc2c(=O)nc(C)nc1-2. The minimum Gasteiger partial charge on any atom is -0.303 e. The molecule has 5 heteroatoms. The van der Waals surface area contributed by atoms with Crippen molar-refractivity contribution < 1.29 is 0 Å². The lowest BCUT2D eigenvalue weighted by Crippen LogP contribution is -2.14. The Kier molecular flexibility index (Phi) is 2.07. The summed E-state index contributed by atoms with van der Waals surface area (Å²) in [5, 5.41) is 3.00. The lowest BCUT2D eigenvalue weighted by Gasteiger charge is -2.03. The van der Waals surface area contributed by atoms with E-state index in [1.54, 1.807) is 13.1 Å². The average Bonchev–Trinajstić information content (AvgIpc) is 2.49. The topological polar surface area (TPSA) is 63.6 Å². The fourth-order valence-corrected chi connectivity index (χ4v) is 1.47. The van der Waals surface area contributed by atoms with E-state index in [1.165, 1.54) is 0 Å². The van der Waals surface area contributed by atoms with Crippen LogP contribution in [0.3, 0.4) is 0 Å². The summed E-state index contributed by atoms with van der Waals surface area (Å²) in [5.41, 5.74) is 0.350. The molecule has 1 N–H and O–H groups in total. The first-order valence-corrected chi connectivity index (χ1v) is 4.65. The zero-order valence-electron chi connectivity index (χ0n) is 8.24. The van der Waals surface area contributed by atoms with Crippen LogP contribution in [0.1, 0.15) is 19.2 Å². The van der Waals surface area contributed by atoms with Crippen LogP contribution < -0.4 is 5.56 Å². The van der Waals surface area contributed by atoms with Crippen molar-refractivity contribution in [2.75, 3.05) is 0 Å². The van der Waals surface area contributed by atoms with E-state index in [9.17, 15) is 4.79 Å². The Balaban J connectivity index is 2.63. The Morgan fingerprint density at radius 2 is 2.29 bits per heavy atom. The molecule has 0 radical (unpaired) electrons. The molecule has 0 aromatic carbocycles. The van der Waals surface area contributed by atoms with E-state index in [0.29, 0.717) is 17.2 Å². The second kappa shape index (κ2) is 3.25. The summed E-state index contributed by atoms with van der Waals surface area (Å²) in [5.74, 6) is 1.22. The molecule has 0 unspecified atom stereocenters. The summed E-state index contributed by atoms with van der Waals surface area (Å²) < 4.78 is 1.87. The maximum absolute atomic E-state index is 11.4. The van der Waals surface area contributed by atoms with Gasteiger partial charge in [-0.3, -0.25) is 9.48 Å². The third kappa shape index (κ3) is 1.30. The van der Waals surface area contributed by atoms with Crippen molar-refractivity contribution in [1.29, 1.82) is 0 Å². The number of nitrogens with one attached hydrogen (secondary N) is 1. The number of H-pyrrole nitrogens is 1. The van der Waals surface area contributed by atoms with Crippen LogP contribution in [0.5, 0.6) is 0 Å². The highest BCUT2D eigenvalue weighted by atomic mass is 16.1. The minimum absolute atomic E-state index is 0.210. The van der Waals surface area contributed by atoms with Crippen LogP contribution in [0.25, 0.3) is 11.4 Å². The molecule has 5 nitrogen and oxygen atoms in total. The first kappa shape index (κ1) is 8.93. The lowest BCUT2D eigenvalue weighted by molar-refractivity contribution is 0.600. The van der Waals surface area contributed by atoms with Gasteiger partial charge in [0.05, 0.1) is 0 Å². The molecule has 0 aromatic heterocycles. The summed E-state index contributed by atoms with van der Waals surface area (Å²) >= 11 is 0. The van der Waals surface area contributed by atoms with Gasteiger partial charge in [0.25, 0.3) is 5.56 Å². The highest BCUT2D eigenvalue weighted by Gasteiger charge is 2.14. The fourth-order valence-electron chi connectivity index (χ4n) is 1.47. The van der Waals surface area contributed by atoms with Gasteiger partial charge in [-0.2, -0.15) is 4.98 Å². The van der Waals surface area contributed by atoms with Crippen LogP contribution >= 0.6 is 0 Å². The Hall–Kier alpha value is -1.65. The molecule has 0 saturated carbocycles. The number of fused-ring (bicyclic) bond motifs is 1. The van der Waals surface area contributed by atoms with Crippen LogP contribution in [0.15, 0.2) is 11.0 Å². The van der Waals surface area contributed by atoms with E-state index >= 15 is 0 Å². The third-order valence-corrected chi connectivity index (χ3v) is 2.07. The van der Waals surface area contributed by atoms with Crippen LogP contribution in [0.4, 0.5) is 0 Å². The molecule has 0 bridgehead atoms. The molecule has 14 heavy (non-hydrogen) atoms. The molecule has 0 spiro atoms. The van der Waals surface area contributed by atoms with Crippen LogP contribution in [-0.2, 0) is 6.54 Å². The number of hydrogen-bond donors (Lipinski definition) is 1. The number of aromatic amines is 1. The summed E-state index contributed by atoms with van der Waals surface area (Å²) in [6.07, 6.45) is 2.66. The van der Waals surface area contributed by atoms with Gasteiger partial charge in [-0.05, 0) is 13.3 Å². The van der Waals surface area contributed by atoms with E-state index in [0.717, 1.165) is 13.0 Å². The Morgan fingerprint density at radius 3 is 3.00 bits per heavy atom. The van der Waals surface area contributed by atoms with Crippen molar-refractivity contribution in [3.8, 4) is 11.4 Å². The first-order valence-electron chi connectivity index (χ1n) is 4.65. The van der Waals surface area contributed by atoms with Gasteiger partial charge in [0, 0.05) is 12.7 Å². The van der Waals surface area contributed by atoms with Gasteiger partial charge in [0.2, 0.25) is 0 Å². The molecule has 2 aliphatic rings. The number of nitrogens with zero attached hydrogens (tertiary/aromatic N) is 3. The number of hydrogen-bond acceptors (Lipinski definition) is 3. The summed E-state index contributed by atoms with van der Waals surface area (Å²) in [4.78, 5) is 19.4. The van der Waals surface area contributed by atoms with Crippen molar-refractivity contribution in [3.63, 3.8) is 0 Å². The number of aromatic nitrogens is 4. The van der Waals surface area contributed by atoms with E-state index in [2.05, 4.69) is 22.0 Å². The van der Waals surface area contributed by atoms with E-state index in [1.807, 2.05) is 4.68 Å². The predicted molar refractivity (Wildman–Crippen MR) is 52.3 cm³/mol. The zero-order chi connectivity index (χ0) is 10.1. The highest BCUT2D eigenvalue weighted by Crippen LogP contribution is 2.13. The monoisotopic (exact) mass is 192 g/mol. The Labute approximate surface area is 81.1 Å². The standard InChI is InChI=1S/C9H12N4O/c1-3-4-13-8-7(5-10-13)9(14)12-6(2)11-8/h5,10H,3-4H2,1-2H3. The van der Waals surface area contributed by atoms with Crippen molar-refractivity contribution in [1.82, 2.24) is 19.7 Å². The van der Waals surface area contributed by atoms with Gasteiger partial charge in [-0.15, -0.1) is 0 Å². The second-order valence-corrected chi connectivity index (χ2v) is 3.24. The molecule has 0 aliphatic carbocycles. The van der Waals surface area contributed by atoms with E-state index in [-0.39, 0.29) is 5.56 Å². The quantitative estimate of drug-likeness (QED) is 0.765. The van der Waals surface area contributed by atoms with Crippen molar-refractivity contribution in [3.05, 3.63) is 22.4 Å². The zero-order valence-corrected chi connectivity index (χ0v) is 8.24. The molecular formula is C9H12N4O. The smallest absolute Gasteiger partial charge is 0.284 e. The highest BCUT2D eigenvalue weighted by molar-refractivity contribution is 5.53. The maximum atomic E-state index is 11.4. The fraction of sp³-hybridized carbons (Fsp3) is 0.444. The van der Waals surface area contributed by atoms with Crippen molar-refractivity contribution >= 4 is 0 Å². The molecule has 74 valence electrons. The minimum atomic E-state index is -0.210. The molecule has 0 atom stereocenters. The molecule has 0 fully saturated rings. The molecule has 2 heterocycles. The van der Waals surface area contributed by atoms with Crippen molar-refractivity contribution in [2.24, 2.45) is 0 Å². The van der Waals surface area contributed by atoms with Crippen LogP contribution in [0, 0.1) is 6.92 Å². The first-order chi connectivity index (χ1) is 6.72. The summed E-state index contributed by atoms with van der Waals surface area (Å²) in [7, 11) is 0. The number of rotatable bonds is 2. The second-order valence-electron chi connectivity index (χ2n) is 3.24. The molecule has 0 amide bonds. The molecular weight excluding hydrogens is 180 g/mol. The molecule has 0 aromatic rings. The van der Waals surface area contributed by atoms with Gasteiger partial charge in [-0.1, -0.05) is 6.92 Å². The number of aryl methyl sites for hydroxylation is 2. The Bertz CT molecular complexity index is 470. The van der Waals surface area contributed by atoms with Crippen molar-refractivity contribution in [2.45, 2.75) is 26.8 Å². The molecule has 2 rings (SSSR count). The van der Waals surface area contributed by atoms with E-state index < -0.39 is 0 Å². The summed E-state index contributed by atoms with van der Waals surface area (Å²) in [6, 6.07) is 0. The van der Waals surface area contributed by atoms with Gasteiger partial charge >= 0.3 is 0 Å². The van der Waals surface area contributed by atoms with Gasteiger partial charge in [0.1, 0.15) is 11.4 Å². The van der Waals surface area contributed by atoms with Crippen LogP contribution in [0.2, 0.25) is 0 Å². The molecule has 2 aliphatic heterocycles. The maximum Gasteiger partial charge on any atom is 0.284 e. The van der Waals surface area contributed by atoms with Gasteiger partial charge < -0.3 is 5.10 Å². The van der Waals surface area contributed by atoms with E-state index in [4.69, 9.17) is 0 Å². The normalized spacial score (nSPS) is 11.0.